The molecule has 0 nitrogen and oxygen atoms in total. The van der Waals surface area contributed by atoms with Gasteiger partial charge in [0.05, 0.1) is 0 Å². The molecule has 0 aromatic heterocycles. The van der Waals surface area contributed by atoms with Crippen LogP contribution >= 0.6 is 0 Å². The Balaban J connectivity index is 0.00000105. The maximum Gasteiger partial charge on any atom is 1.00 e. The van der Waals surface area contributed by atoms with Gasteiger partial charge in [0.1, 0.15) is 0 Å². The van der Waals surface area contributed by atoms with Crippen LogP contribution in [0.25, 0.3) is 33.4 Å². The number of fused-ring (bicyclic) bond motifs is 3. The summed E-state index contributed by atoms with van der Waals surface area (Å²) in [5.74, 6) is 0. The number of rotatable bonds is 2. The summed E-state index contributed by atoms with van der Waals surface area (Å²) in [4.78, 5) is 0. The van der Waals surface area contributed by atoms with Crippen molar-refractivity contribution in [2.45, 2.75) is 0 Å². The molecule has 117 valence electrons. The van der Waals surface area contributed by atoms with Crippen LogP contribution in [0.3, 0.4) is 0 Å². The van der Waals surface area contributed by atoms with Crippen LogP contribution in [0.2, 0.25) is 0 Å². The summed E-state index contributed by atoms with van der Waals surface area (Å²) in [5.41, 5.74) is 8.03. The van der Waals surface area contributed by atoms with Gasteiger partial charge in [-0.25, -0.2) is 10.4 Å². The molecule has 0 fully saturated rings. The van der Waals surface area contributed by atoms with E-state index in [0.717, 1.165) is 9.52 Å². The van der Waals surface area contributed by atoms with E-state index in [1.165, 1.54) is 43.8 Å². The molecule has 5 rings (SSSR count). The Morgan fingerprint density at radius 1 is 0.444 bits per heavy atom. The number of hydrogen-bond acceptors (Lipinski definition) is 0. The van der Waals surface area contributed by atoms with Gasteiger partial charge in [0.2, 0.25) is 0 Å². The van der Waals surface area contributed by atoms with E-state index in [9.17, 15) is 0 Å². The van der Waals surface area contributed by atoms with Gasteiger partial charge in [0.25, 0.3) is 0 Å². The second kappa shape index (κ2) is 8.54. The van der Waals surface area contributed by atoms with Gasteiger partial charge in [-0.05, 0) is 28.8 Å². The second-order valence-electron chi connectivity index (χ2n) is 6.35. The average molecular weight is 346 g/mol. The van der Waals surface area contributed by atoms with Crippen LogP contribution in [0.1, 0.15) is 0 Å². The quantitative estimate of drug-likeness (QED) is 0.347. The Hall–Kier alpha value is -1.71. The standard InChI is InChI=1S/C24H16Si.2Li/c1-3-9-17(10-4-1)19-15-21(18-11-5-2-6-12-18)24-22(16-19)20-13-7-8-14-23(20)25-24;;/h1-16H;;/q-1;2*+1. The maximum absolute atomic E-state index is 2.37. The molecule has 0 unspecified atom stereocenters. The Labute approximate surface area is 187 Å². The van der Waals surface area contributed by atoms with Crippen molar-refractivity contribution in [3.63, 3.8) is 0 Å². The van der Waals surface area contributed by atoms with E-state index in [0.29, 0.717) is 0 Å². The summed E-state index contributed by atoms with van der Waals surface area (Å²) in [6, 6.07) is 35.0. The fourth-order valence-electron chi connectivity index (χ4n) is 3.59. The summed E-state index contributed by atoms with van der Waals surface area (Å²) in [6.45, 7) is 0. The first-order valence-electron chi connectivity index (χ1n) is 8.55. The Morgan fingerprint density at radius 3 is 1.70 bits per heavy atom. The Kier molecular flexibility index (Phi) is 6.33. The minimum Gasteiger partial charge on any atom is -0.394 e. The summed E-state index contributed by atoms with van der Waals surface area (Å²) in [5, 5.41) is 2.94. The van der Waals surface area contributed by atoms with Gasteiger partial charge in [-0.2, -0.15) is 0 Å². The fourth-order valence-corrected chi connectivity index (χ4v) is 5.09. The number of hydrogen-bond donors (Lipinski definition) is 0. The SMILES string of the molecule is [Li+].[Li+].c1ccc(-c2cc(-c3ccccc3)c3c(c2)-c2ccccc2[Si-]3)cc1. The molecule has 0 aliphatic carbocycles. The molecule has 1 aliphatic heterocycles. The van der Waals surface area contributed by atoms with Crippen LogP contribution in [0, 0.1) is 0 Å². The van der Waals surface area contributed by atoms with E-state index in [1.54, 1.807) is 0 Å². The van der Waals surface area contributed by atoms with Crippen molar-refractivity contribution >= 4 is 19.9 Å². The van der Waals surface area contributed by atoms with Gasteiger partial charge in [0, 0.05) is 0 Å². The topological polar surface area (TPSA) is 0 Å². The summed E-state index contributed by atoms with van der Waals surface area (Å²) in [6.07, 6.45) is 0. The minimum absolute atomic E-state index is 0. The molecule has 1 radical (unpaired) electrons. The van der Waals surface area contributed by atoms with Gasteiger partial charge in [-0.15, -0.1) is 0 Å². The van der Waals surface area contributed by atoms with Gasteiger partial charge < -0.3 is 9.52 Å². The van der Waals surface area contributed by atoms with Crippen LogP contribution in [0.15, 0.2) is 97.1 Å². The Morgan fingerprint density at radius 2 is 1.00 bits per heavy atom. The van der Waals surface area contributed by atoms with Crippen molar-refractivity contribution in [3.05, 3.63) is 97.1 Å². The molecule has 1 aliphatic rings. The summed E-state index contributed by atoms with van der Waals surface area (Å²) >= 11 is 0. The maximum atomic E-state index is 2.37. The van der Waals surface area contributed by atoms with E-state index < -0.39 is 0 Å². The van der Waals surface area contributed by atoms with Gasteiger partial charge in [-0.3, -0.25) is 0 Å². The van der Waals surface area contributed by atoms with E-state index in [1.807, 2.05) is 0 Å². The monoisotopic (exact) mass is 346 g/mol. The smallest absolute Gasteiger partial charge is 0.394 e. The molecule has 0 bridgehead atoms. The predicted molar refractivity (Wildman–Crippen MR) is 108 cm³/mol. The second-order valence-corrected chi connectivity index (χ2v) is 7.64. The van der Waals surface area contributed by atoms with Crippen molar-refractivity contribution < 1.29 is 37.7 Å². The van der Waals surface area contributed by atoms with Gasteiger partial charge in [0.15, 0.2) is 0 Å². The molecule has 0 N–H and O–H groups in total. The van der Waals surface area contributed by atoms with E-state index in [-0.39, 0.29) is 37.7 Å². The normalized spacial score (nSPS) is 10.7. The third-order valence-electron chi connectivity index (χ3n) is 4.81. The van der Waals surface area contributed by atoms with Crippen molar-refractivity contribution in [1.29, 1.82) is 0 Å². The molecule has 0 saturated carbocycles. The van der Waals surface area contributed by atoms with Crippen molar-refractivity contribution in [1.82, 2.24) is 0 Å². The van der Waals surface area contributed by atoms with Crippen LogP contribution in [-0.4, -0.2) is 9.52 Å². The van der Waals surface area contributed by atoms with Gasteiger partial charge in [-0.1, -0.05) is 102 Å². The summed E-state index contributed by atoms with van der Waals surface area (Å²) < 4.78 is 0. The molecule has 4 aromatic rings. The predicted octanol–water partition coefficient (Wildman–Crippen LogP) is -1.34. The zero-order valence-corrected chi connectivity index (χ0v) is 16.7. The van der Waals surface area contributed by atoms with Gasteiger partial charge >= 0.3 is 37.7 Å². The molecule has 0 atom stereocenters. The van der Waals surface area contributed by atoms with Crippen molar-refractivity contribution in [2.24, 2.45) is 0 Å². The third-order valence-corrected chi connectivity index (χ3v) is 6.30. The first-order valence-corrected chi connectivity index (χ1v) is 9.55. The first-order chi connectivity index (χ1) is 12.4. The summed E-state index contributed by atoms with van der Waals surface area (Å²) in [7, 11) is 0.729. The van der Waals surface area contributed by atoms with E-state index in [4.69, 9.17) is 0 Å². The minimum atomic E-state index is 0. The van der Waals surface area contributed by atoms with Crippen LogP contribution in [0.4, 0.5) is 0 Å². The van der Waals surface area contributed by atoms with E-state index >= 15 is 0 Å². The van der Waals surface area contributed by atoms with Crippen LogP contribution in [-0.2, 0) is 0 Å². The van der Waals surface area contributed by atoms with E-state index in [2.05, 4.69) is 97.1 Å². The zero-order valence-electron chi connectivity index (χ0n) is 15.7. The zero-order chi connectivity index (χ0) is 16.6. The third kappa shape index (κ3) is 3.68. The average Bonchev–Trinajstić information content (AvgIpc) is 3.07. The number of benzene rings is 4. The molecular weight excluding hydrogens is 330 g/mol. The molecule has 1 heterocycles. The van der Waals surface area contributed by atoms with Crippen LogP contribution in [0.5, 0.6) is 0 Å². The molecule has 0 saturated heterocycles. The van der Waals surface area contributed by atoms with Crippen molar-refractivity contribution in [2.75, 3.05) is 0 Å². The molecular formula is C24H16Li2Si+. The van der Waals surface area contributed by atoms with Crippen molar-refractivity contribution in [3.8, 4) is 33.4 Å². The molecule has 0 spiro atoms. The fraction of sp³-hybridized carbons (Fsp3) is 0. The molecule has 27 heavy (non-hydrogen) atoms. The molecule has 4 aromatic carbocycles. The first kappa shape index (κ1) is 20.0. The largest absolute Gasteiger partial charge is 1.00 e. The van der Waals surface area contributed by atoms with Crippen LogP contribution < -0.4 is 48.1 Å². The molecule has 3 heteroatoms. The Bertz CT molecular complexity index is 1060. The molecule has 0 amide bonds.